The Bertz CT molecular complexity index is 931. The van der Waals surface area contributed by atoms with Gasteiger partial charge in [0.1, 0.15) is 6.23 Å². The van der Waals surface area contributed by atoms with Gasteiger partial charge in [-0.3, -0.25) is 9.88 Å². The molecule has 0 saturated carbocycles. The molecule has 0 radical (unpaired) electrons. The third-order valence-electron chi connectivity index (χ3n) is 7.66. The van der Waals surface area contributed by atoms with Gasteiger partial charge in [-0.2, -0.15) is 0 Å². The number of hydrogen-bond acceptors (Lipinski definition) is 5. The van der Waals surface area contributed by atoms with Crippen molar-refractivity contribution < 1.29 is 4.74 Å². The molecule has 0 spiro atoms. The third kappa shape index (κ3) is 3.24. The number of rotatable bonds is 4. The average molecular weight is 405 g/mol. The van der Waals surface area contributed by atoms with Crippen molar-refractivity contribution in [2.75, 3.05) is 31.6 Å². The SMILES string of the molecule is CN(C[C@H]1Cc2c(cccc2N2CC3COC2C3)CN1)C1CCCc2cccnc21. The topological polar surface area (TPSA) is 40.6 Å². The maximum absolute atomic E-state index is 6.01. The number of hydrogen-bond donors (Lipinski definition) is 1. The Morgan fingerprint density at radius 3 is 3.03 bits per heavy atom. The molecule has 1 aromatic carbocycles. The molecule has 6 rings (SSSR count). The summed E-state index contributed by atoms with van der Waals surface area (Å²) >= 11 is 0. The van der Waals surface area contributed by atoms with Crippen LogP contribution in [0.25, 0.3) is 0 Å². The molecule has 3 aliphatic heterocycles. The lowest BCUT2D eigenvalue weighted by Gasteiger charge is -2.38. The summed E-state index contributed by atoms with van der Waals surface area (Å²) < 4.78 is 6.01. The highest BCUT2D eigenvalue weighted by atomic mass is 16.5. The van der Waals surface area contributed by atoms with Gasteiger partial charge in [-0.25, -0.2) is 0 Å². The fourth-order valence-electron chi connectivity index (χ4n) is 6.14. The Morgan fingerprint density at radius 2 is 2.17 bits per heavy atom. The molecule has 1 aromatic heterocycles. The highest BCUT2D eigenvalue weighted by Gasteiger charge is 2.40. The number of benzene rings is 1. The van der Waals surface area contributed by atoms with E-state index in [0.717, 1.165) is 32.7 Å². The fourth-order valence-corrected chi connectivity index (χ4v) is 6.14. The number of nitrogens with zero attached hydrogens (tertiary/aromatic N) is 3. The summed E-state index contributed by atoms with van der Waals surface area (Å²) in [5.41, 5.74) is 7.15. The second-order valence-corrected chi connectivity index (χ2v) is 9.63. The predicted octanol–water partition coefficient (Wildman–Crippen LogP) is 3.29. The van der Waals surface area contributed by atoms with Crippen molar-refractivity contribution in [2.45, 2.75) is 57.0 Å². The monoisotopic (exact) mass is 404 g/mol. The van der Waals surface area contributed by atoms with E-state index in [1.54, 1.807) is 0 Å². The molecule has 4 atom stereocenters. The smallest absolute Gasteiger partial charge is 0.130 e. The van der Waals surface area contributed by atoms with Crippen LogP contribution in [0.4, 0.5) is 5.69 Å². The first-order chi connectivity index (χ1) is 14.8. The number of nitrogens with one attached hydrogen (secondary N) is 1. The van der Waals surface area contributed by atoms with Crippen LogP contribution in [0.1, 0.15) is 47.7 Å². The molecule has 2 fully saturated rings. The second kappa shape index (κ2) is 7.63. The largest absolute Gasteiger partial charge is 0.358 e. The number of anilines is 1. The van der Waals surface area contributed by atoms with E-state index in [9.17, 15) is 0 Å². The Balaban J connectivity index is 1.20. The number of ether oxygens (including phenoxy) is 1. The van der Waals surface area contributed by atoms with Crippen molar-refractivity contribution in [3.8, 4) is 0 Å². The normalized spacial score (nSPS) is 29.9. The average Bonchev–Trinajstić information content (AvgIpc) is 3.42. The van der Waals surface area contributed by atoms with E-state index in [-0.39, 0.29) is 0 Å². The molecule has 1 N–H and O–H groups in total. The van der Waals surface area contributed by atoms with E-state index in [4.69, 9.17) is 9.72 Å². The van der Waals surface area contributed by atoms with Crippen molar-refractivity contribution in [1.82, 2.24) is 15.2 Å². The number of aryl methyl sites for hydroxylation is 1. The summed E-state index contributed by atoms with van der Waals surface area (Å²) in [6, 6.07) is 12.1. The quantitative estimate of drug-likeness (QED) is 0.847. The molecular formula is C25H32N4O. The highest BCUT2D eigenvalue weighted by molar-refractivity contribution is 5.59. The standard InChI is InChI=1S/C25H32N4O/c1-28(23-9-2-5-18-7-4-10-26-25(18)23)15-20-12-21-19(13-27-20)6-3-8-22(21)29-14-17-11-24(29)30-16-17/h3-4,6-8,10,17,20,23-24,27H,2,5,9,11-16H2,1H3/t17?,20-,23?,24?/m1/s1. The lowest BCUT2D eigenvalue weighted by molar-refractivity contribution is 0.0857. The zero-order chi connectivity index (χ0) is 20.1. The van der Waals surface area contributed by atoms with Crippen molar-refractivity contribution >= 4 is 5.69 Å². The van der Waals surface area contributed by atoms with Crippen LogP contribution in [0.2, 0.25) is 0 Å². The first kappa shape index (κ1) is 18.8. The third-order valence-corrected chi connectivity index (χ3v) is 7.66. The number of pyridine rings is 1. The van der Waals surface area contributed by atoms with Crippen LogP contribution in [-0.2, 0) is 24.1 Å². The van der Waals surface area contributed by atoms with Crippen LogP contribution in [-0.4, -0.2) is 48.9 Å². The van der Waals surface area contributed by atoms with Gasteiger partial charge in [0.15, 0.2) is 0 Å². The molecule has 4 heterocycles. The van der Waals surface area contributed by atoms with Gasteiger partial charge in [-0.15, -0.1) is 0 Å². The van der Waals surface area contributed by atoms with E-state index in [1.807, 2.05) is 6.20 Å². The highest BCUT2D eigenvalue weighted by Crippen LogP contribution is 2.39. The van der Waals surface area contributed by atoms with Gasteiger partial charge in [0, 0.05) is 43.5 Å². The van der Waals surface area contributed by atoms with Gasteiger partial charge in [0.25, 0.3) is 0 Å². The number of likely N-dealkylation sites (N-methyl/N-ethyl adjacent to an activating group) is 1. The summed E-state index contributed by atoms with van der Waals surface area (Å²) in [5, 5.41) is 3.81. The molecule has 158 valence electrons. The fraction of sp³-hybridized carbons (Fsp3) is 0.560. The van der Waals surface area contributed by atoms with Crippen molar-refractivity contribution in [3.63, 3.8) is 0 Å². The van der Waals surface area contributed by atoms with Crippen molar-refractivity contribution in [2.24, 2.45) is 5.92 Å². The predicted molar refractivity (Wildman–Crippen MR) is 119 cm³/mol. The molecule has 3 unspecified atom stereocenters. The zero-order valence-electron chi connectivity index (χ0n) is 17.9. The molecule has 0 amide bonds. The van der Waals surface area contributed by atoms with Crippen LogP contribution in [0.15, 0.2) is 36.5 Å². The summed E-state index contributed by atoms with van der Waals surface area (Å²) in [6.07, 6.45) is 8.18. The van der Waals surface area contributed by atoms with Gasteiger partial charge in [-0.05, 0) is 68.0 Å². The van der Waals surface area contributed by atoms with E-state index in [1.165, 1.54) is 53.8 Å². The van der Waals surface area contributed by atoms with E-state index >= 15 is 0 Å². The zero-order valence-corrected chi connectivity index (χ0v) is 17.9. The second-order valence-electron chi connectivity index (χ2n) is 9.63. The van der Waals surface area contributed by atoms with Crippen molar-refractivity contribution in [1.29, 1.82) is 0 Å². The minimum absolute atomic E-state index is 0.294. The van der Waals surface area contributed by atoms with E-state index in [0.29, 0.717) is 24.2 Å². The lowest BCUT2D eigenvalue weighted by atomic mass is 9.89. The van der Waals surface area contributed by atoms with Crippen LogP contribution in [0.5, 0.6) is 0 Å². The first-order valence-corrected chi connectivity index (χ1v) is 11.6. The maximum atomic E-state index is 6.01. The maximum Gasteiger partial charge on any atom is 0.130 e. The molecule has 1 aliphatic carbocycles. The van der Waals surface area contributed by atoms with Gasteiger partial charge < -0.3 is 15.0 Å². The van der Waals surface area contributed by atoms with Gasteiger partial charge in [-0.1, -0.05) is 18.2 Å². The summed E-state index contributed by atoms with van der Waals surface area (Å²) in [7, 11) is 2.28. The Morgan fingerprint density at radius 1 is 1.23 bits per heavy atom. The lowest BCUT2D eigenvalue weighted by Crippen LogP contribution is -2.46. The van der Waals surface area contributed by atoms with Gasteiger partial charge in [0.05, 0.1) is 18.3 Å². The van der Waals surface area contributed by atoms with Crippen LogP contribution >= 0.6 is 0 Å². The summed E-state index contributed by atoms with van der Waals surface area (Å²) in [4.78, 5) is 9.82. The summed E-state index contributed by atoms with van der Waals surface area (Å²) in [5.74, 6) is 0.716. The first-order valence-electron chi connectivity index (χ1n) is 11.6. The van der Waals surface area contributed by atoms with Crippen LogP contribution < -0.4 is 10.2 Å². The minimum atomic E-state index is 0.294. The molecule has 5 nitrogen and oxygen atoms in total. The van der Waals surface area contributed by atoms with E-state index < -0.39 is 0 Å². The molecule has 5 heteroatoms. The van der Waals surface area contributed by atoms with Gasteiger partial charge in [0.2, 0.25) is 0 Å². The Kier molecular flexibility index (Phi) is 4.78. The van der Waals surface area contributed by atoms with Crippen molar-refractivity contribution in [3.05, 3.63) is 58.9 Å². The van der Waals surface area contributed by atoms with Gasteiger partial charge >= 0.3 is 0 Å². The minimum Gasteiger partial charge on any atom is -0.358 e. The molecule has 2 aromatic rings. The molecule has 30 heavy (non-hydrogen) atoms. The molecule has 2 bridgehead atoms. The molecular weight excluding hydrogens is 372 g/mol. The number of aromatic nitrogens is 1. The van der Waals surface area contributed by atoms with E-state index in [2.05, 4.69) is 52.5 Å². The molecule has 2 saturated heterocycles. The van der Waals surface area contributed by atoms with Crippen LogP contribution in [0, 0.1) is 5.92 Å². The van der Waals surface area contributed by atoms with Crippen LogP contribution in [0.3, 0.4) is 0 Å². The molecule has 4 aliphatic rings. The number of fused-ring (bicyclic) bond motifs is 4. The Labute approximate surface area is 179 Å². The summed E-state index contributed by atoms with van der Waals surface area (Å²) in [6.45, 7) is 4.12. The Hall–Kier alpha value is -1.95.